The molecule has 25 heavy (non-hydrogen) atoms. The molecule has 5 nitrogen and oxygen atoms in total. The van der Waals surface area contributed by atoms with E-state index in [0.717, 1.165) is 11.8 Å². The van der Waals surface area contributed by atoms with Crippen molar-refractivity contribution in [1.29, 1.82) is 0 Å². The summed E-state index contributed by atoms with van der Waals surface area (Å²) in [5.41, 5.74) is 0.356. The van der Waals surface area contributed by atoms with Crippen LogP contribution in [0.25, 0.3) is 6.08 Å². The van der Waals surface area contributed by atoms with Crippen molar-refractivity contribution in [3.05, 3.63) is 64.0 Å². The highest BCUT2D eigenvalue weighted by molar-refractivity contribution is 8.26. The van der Waals surface area contributed by atoms with E-state index in [1.807, 2.05) is 0 Å². The zero-order valence-corrected chi connectivity index (χ0v) is 15.6. The Hall–Kier alpha value is -1.87. The molecule has 1 saturated heterocycles. The van der Waals surface area contributed by atoms with Crippen molar-refractivity contribution < 1.29 is 17.4 Å². The normalized spacial score (nSPS) is 16.1. The molecule has 9 heteroatoms. The van der Waals surface area contributed by atoms with Crippen molar-refractivity contribution in [2.24, 2.45) is 0 Å². The van der Waals surface area contributed by atoms with Gasteiger partial charge in [-0.15, -0.1) is 0 Å². The lowest BCUT2D eigenvalue weighted by Gasteiger charge is -2.10. The van der Waals surface area contributed by atoms with Crippen LogP contribution in [0.2, 0.25) is 5.02 Å². The Morgan fingerprint density at radius 1 is 1.16 bits per heavy atom. The molecule has 1 fully saturated rings. The maximum Gasteiger partial charge on any atom is 0.339 e. The lowest BCUT2D eigenvalue weighted by atomic mass is 10.2. The van der Waals surface area contributed by atoms with Crippen LogP contribution < -0.4 is 9.50 Å². The zero-order valence-electron chi connectivity index (χ0n) is 12.4. The van der Waals surface area contributed by atoms with Crippen molar-refractivity contribution in [3.8, 4) is 5.75 Å². The van der Waals surface area contributed by atoms with Crippen LogP contribution in [0.15, 0.2) is 58.3 Å². The Balaban J connectivity index is 1.99. The Kier molecular flexibility index (Phi) is 5.14. The quantitative estimate of drug-likeness (QED) is 0.471. The van der Waals surface area contributed by atoms with Gasteiger partial charge in [-0.3, -0.25) is 4.79 Å². The molecule has 1 N–H and O–H groups in total. The summed E-state index contributed by atoms with van der Waals surface area (Å²) in [5.74, 6) is -0.293. The summed E-state index contributed by atoms with van der Waals surface area (Å²) in [6.45, 7) is 0. The fourth-order valence-corrected chi connectivity index (χ4v) is 4.21. The maximum absolute atomic E-state index is 12.4. The van der Waals surface area contributed by atoms with Gasteiger partial charge in [0.05, 0.1) is 4.91 Å². The minimum Gasteiger partial charge on any atom is -0.378 e. The number of halogens is 1. The van der Waals surface area contributed by atoms with Gasteiger partial charge in [0.15, 0.2) is 0 Å². The van der Waals surface area contributed by atoms with E-state index in [2.05, 4.69) is 5.32 Å². The van der Waals surface area contributed by atoms with Gasteiger partial charge in [0.2, 0.25) is 0 Å². The fraction of sp³-hybridized carbons (Fsp3) is 0. The van der Waals surface area contributed by atoms with Crippen LogP contribution in [0.4, 0.5) is 0 Å². The lowest BCUT2D eigenvalue weighted by Crippen LogP contribution is -2.17. The second-order valence-corrected chi connectivity index (χ2v) is 8.59. The number of amides is 1. The van der Waals surface area contributed by atoms with Crippen LogP contribution in [-0.2, 0) is 14.9 Å². The van der Waals surface area contributed by atoms with Gasteiger partial charge in [-0.25, -0.2) is 0 Å². The lowest BCUT2D eigenvalue weighted by molar-refractivity contribution is -0.115. The van der Waals surface area contributed by atoms with Gasteiger partial charge in [0.1, 0.15) is 15.0 Å². The second-order valence-electron chi connectivity index (χ2n) is 4.88. The molecule has 0 aliphatic carbocycles. The number of hydrogen-bond acceptors (Lipinski definition) is 6. The maximum atomic E-state index is 12.4. The molecule has 1 heterocycles. The molecule has 1 aliphatic heterocycles. The smallest absolute Gasteiger partial charge is 0.339 e. The van der Waals surface area contributed by atoms with E-state index in [0.29, 0.717) is 19.8 Å². The van der Waals surface area contributed by atoms with Crippen LogP contribution in [0, 0.1) is 0 Å². The largest absolute Gasteiger partial charge is 0.378 e. The molecule has 0 spiro atoms. The molecule has 3 rings (SSSR count). The highest BCUT2D eigenvalue weighted by Crippen LogP contribution is 2.32. The number of hydrogen-bond donors (Lipinski definition) is 1. The standard InChI is InChI=1S/C16H10ClNO4S3/c17-11-6-7-13(22-25(20,21)12-4-2-1-3-5-12)10(8-11)9-14-15(19)18-16(23)24-14/h1-9H,(H,18,19,23)/b14-9-. The van der Waals surface area contributed by atoms with Gasteiger partial charge in [0.25, 0.3) is 5.91 Å². The summed E-state index contributed by atoms with van der Waals surface area (Å²) < 4.78 is 30.4. The third-order valence-electron chi connectivity index (χ3n) is 3.13. The van der Waals surface area contributed by atoms with Crippen molar-refractivity contribution in [2.45, 2.75) is 4.90 Å². The molecule has 0 unspecified atom stereocenters. The van der Waals surface area contributed by atoms with Gasteiger partial charge >= 0.3 is 10.1 Å². The van der Waals surface area contributed by atoms with Crippen molar-refractivity contribution >= 4 is 62.0 Å². The first-order chi connectivity index (χ1) is 11.8. The van der Waals surface area contributed by atoms with Crippen LogP contribution in [-0.4, -0.2) is 18.6 Å². The highest BCUT2D eigenvalue weighted by Gasteiger charge is 2.24. The Morgan fingerprint density at radius 2 is 1.88 bits per heavy atom. The zero-order chi connectivity index (χ0) is 18.0. The first-order valence-corrected chi connectivity index (χ1v) is 9.90. The van der Waals surface area contributed by atoms with Gasteiger partial charge in [-0.1, -0.05) is 53.8 Å². The van der Waals surface area contributed by atoms with Gasteiger partial charge in [0, 0.05) is 10.6 Å². The Labute approximate surface area is 159 Å². The molecule has 2 aromatic rings. The third-order valence-corrected chi connectivity index (χ3v) is 5.78. The molecule has 0 atom stereocenters. The van der Waals surface area contributed by atoms with E-state index in [9.17, 15) is 13.2 Å². The highest BCUT2D eigenvalue weighted by atomic mass is 35.5. The molecule has 1 amide bonds. The van der Waals surface area contributed by atoms with E-state index in [1.54, 1.807) is 18.2 Å². The first-order valence-electron chi connectivity index (χ1n) is 6.89. The van der Waals surface area contributed by atoms with E-state index in [-0.39, 0.29) is 16.6 Å². The monoisotopic (exact) mass is 411 g/mol. The average molecular weight is 412 g/mol. The predicted octanol–water partition coefficient (Wildman–Crippen LogP) is 3.60. The minimum absolute atomic E-state index is 0.0257. The van der Waals surface area contributed by atoms with E-state index < -0.39 is 10.1 Å². The molecule has 0 bridgehead atoms. The summed E-state index contributed by atoms with van der Waals surface area (Å²) in [4.78, 5) is 12.2. The van der Waals surface area contributed by atoms with E-state index in [1.165, 1.54) is 36.4 Å². The van der Waals surface area contributed by atoms with Crippen molar-refractivity contribution in [3.63, 3.8) is 0 Å². The van der Waals surface area contributed by atoms with Gasteiger partial charge in [-0.05, 0) is 36.4 Å². The van der Waals surface area contributed by atoms with Crippen molar-refractivity contribution in [2.75, 3.05) is 0 Å². The van der Waals surface area contributed by atoms with Crippen LogP contribution in [0.5, 0.6) is 5.75 Å². The number of thiocarbonyl (C=S) groups is 1. The fourth-order valence-electron chi connectivity index (χ4n) is 2.02. The topological polar surface area (TPSA) is 72.5 Å². The SMILES string of the molecule is O=C1NC(=S)S/C1=C\c1cc(Cl)ccc1OS(=O)(=O)c1ccccc1. The molecule has 0 saturated carbocycles. The number of nitrogens with one attached hydrogen (secondary N) is 1. The Morgan fingerprint density at radius 3 is 2.52 bits per heavy atom. The van der Waals surface area contributed by atoms with Crippen LogP contribution in [0.1, 0.15) is 5.56 Å². The summed E-state index contributed by atoms with van der Waals surface area (Å²) in [6, 6.07) is 12.2. The number of carbonyl (C=O) groups is 1. The minimum atomic E-state index is -4.01. The van der Waals surface area contributed by atoms with Gasteiger partial charge in [-0.2, -0.15) is 8.42 Å². The predicted molar refractivity (Wildman–Crippen MR) is 102 cm³/mol. The summed E-state index contributed by atoms with van der Waals surface area (Å²) in [7, 11) is -4.01. The first kappa shape index (κ1) is 17.9. The summed E-state index contributed by atoms with van der Waals surface area (Å²) >= 11 is 12.0. The average Bonchev–Trinajstić information content (AvgIpc) is 2.88. The molecular formula is C16H10ClNO4S3. The molecular weight excluding hydrogens is 402 g/mol. The third kappa shape index (κ3) is 4.21. The van der Waals surface area contributed by atoms with Gasteiger partial charge < -0.3 is 9.50 Å². The Bertz CT molecular complexity index is 988. The summed E-state index contributed by atoms with van der Waals surface area (Å²) in [6.07, 6.45) is 1.49. The molecule has 0 aromatic heterocycles. The molecule has 2 aromatic carbocycles. The number of carbonyl (C=O) groups excluding carboxylic acids is 1. The number of thioether (sulfide) groups is 1. The molecule has 128 valence electrons. The van der Waals surface area contributed by atoms with E-state index in [4.69, 9.17) is 28.0 Å². The second kappa shape index (κ2) is 7.17. The van der Waals surface area contributed by atoms with Crippen LogP contribution in [0.3, 0.4) is 0 Å². The molecule has 1 aliphatic rings. The number of benzene rings is 2. The van der Waals surface area contributed by atoms with Crippen molar-refractivity contribution in [1.82, 2.24) is 5.32 Å². The number of rotatable bonds is 4. The molecule has 0 radical (unpaired) electrons. The van der Waals surface area contributed by atoms with E-state index >= 15 is 0 Å². The summed E-state index contributed by atoms with van der Waals surface area (Å²) in [5, 5.41) is 2.87. The van der Waals surface area contributed by atoms with Crippen LogP contribution >= 0.6 is 35.6 Å².